The molecule has 2 rings (SSSR count). The minimum atomic E-state index is -1.00. The van der Waals surface area contributed by atoms with E-state index in [2.05, 4.69) is 4.98 Å². The summed E-state index contributed by atoms with van der Waals surface area (Å²) in [5.74, 6) is -1.40. The molecule has 1 aromatic carbocycles. The fourth-order valence-electron chi connectivity index (χ4n) is 1.72. The molecule has 2 N–H and O–H groups in total. The highest BCUT2D eigenvalue weighted by atomic mass is 16.5. The van der Waals surface area contributed by atoms with Gasteiger partial charge in [0, 0.05) is 17.0 Å². The van der Waals surface area contributed by atoms with Crippen LogP contribution in [0, 0.1) is 0 Å². The second-order valence-corrected chi connectivity index (χ2v) is 3.92. The molecule has 0 amide bonds. The maximum Gasteiger partial charge on any atom is 0.352 e. The molecule has 0 spiro atoms. The molecule has 0 aliphatic heterocycles. The highest BCUT2D eigenvalue weighted by Crippen LogP contribution is 2.18. The van der Waals surface area contributed by atoms with Gasteiger partial charge in [-0.25, -0.2) is 9.59 Å². The van der Waals surface area contributed by atoms with Crippen LogP contribution >= 0.6 is 0 Å². The summed E-state index contributed by atoms with van der Waals surface area (Å²) >= 11 is 0. The predicted molar refractivity (Wildman–Crippen MR) is 70.9 cm³/mol. The lowest BCUT2D eigenvalue weighted by Gasteiger charge is -1.96. The van der Waals surface area contributed by atoms with Gasteiger partial charge < -0.3 is 14.8 Å². The van der Waals surface area contributed by atoms with E-state index in [1.807, 2.05) is 0 Å². The van der Waals surface area contributed by atoms with E-state index in [9.17, 15) is 9.59 Å². The number of carbonyl (C=O) groups is 2. The number of H-pyrrole nitrogens is 1. The van der Waals surface area contributed by atoms with E-state index in [1.165, 1.54) is 6.08 Å². The number of hydrogen-bond acceptors (Lipinski definition) is 3. The van der Waals surface area contributed by atoms with Crippen molar-refractivity contribution >= 4 is 28.9 Å². The van der Waals surface area contributed by atoms with Gasteiger partial charge in [-0.05, 0) is 36.8 Å². The quantitative estimate of drug-likeness (QED) is 0.653. The lowest BCUT2D eigenvalue weighted by Crippen LogP contribution is -1.98. The third kappa shape index (κ3) is 3.01. The SMILES string of the molecule is CCOC(=O)/C=C/c1ccc2[nH]c(C(=O)O)cc2c1. The Hall–Kier alpha value is -2.56. The topological polar surface area (TPSA) is 79.4 Å². The minimum absolute atomic E-state index is 0.140. The maximum atomic E-state index is 11.2. The molecular formula is C14H13NO4. The van der Waals surface area contributed by atoms with Crippen LogP contribution in [-0.4, -0.2) is 28.6 Å². The molecule has 0 unspecified atom stereocenters. The summed E-state index contributed by atoms with van der Waals surface area (Å²) in [7, 11) is 0. The van der Waals surface area contributed by atoms with Crippen molar-refractivity contribution in [3.8, 4) is 0 Å². The van der Waals surface area contributed by atoms with E-state index in [0.29, 0.717) is 6.61 Å². The van der Waals surface area contributed by atoms with Crippen molar-refractivity contribution < 1.29 is 19.4 Å². The van der Waals surface area contributed by atoms with Crippen molar-refractivity contribution in [2.24, 2.45) is 0 Å². The van der Waals surface area contributed by atoms with Crippen LogP contribution < -0.4 is 0 Å². The highest BCUT2D eigenvalue weighted by Gasteiger charge is 2.07. The fourth-order valence-corrected chi connectivity index (χ4v) is 1.72. The van der Waals surface area contributed by atoms with Crippen molar-refractivity contribution in [1.29, 1.82) is 0 Å². The van der Waals surface area contributed by atoms with Crippen LogP contribution in [-0.2, 0) is 9.53 Å². The largest absolute Gasteiger partial charge is 0.477 e. The summed E-state index contributed by atoms with van der Waals surface area (Å²) in [5, 5.41) is 9.66. The predicted octanol–water partition coefficient (Wildman–Crippen LogP) is 2.44. The molecule has 0 atom stereocenters. The standard InChI is InChI=1S/C14H13NO4/c1-2-19-13(16)6-4-9-3-5-11-10(7-9)8-12(15-11)14(17)18/h3-8,15H,2H2,1H3,(H,17,18)/b6-4+. The molecule has 19 heavy (non-hydrogen) atoms. The summed E-state index contributed by atoms with van der Waals surface area (Å²) in [6, 6.07) is 6.92. The highest BCUT2D eigenvalue weighted by molar-refractivity contribution is 5.95. The van der Waals surface area contributed by atoms with Gasteiger partial charge >= 0.3 is 11.9 Å². The van der Waals surface area contributed by atoms with Crippen molar-refractivity contribution in [3.63, 3.8) is 0 Å². The number of fused-ring (bicyclic) bond motifs is 1. The fraction of sp³-hybridized carbons (Fsp3) is 0.143. The zero-order valence-electron chi connectivity index (χ0n) is 10.3. The Labute approximate surface area is 109 Å². The van der Waals surface area contributed by atoms with Gasteiger partial charge in [0.25, 0.3) is 0 Å². The van der Waals surface area contributed by atoms with Crippen molar-refractivity contribution in [3.05, 3.63) is 41.6 Å². The van der Waals surface area contributed by atoms with Gasteiger partial charge in [-0.2, -0.15) is 0 Å². The van der Waals surface area contributed by atoms with Crippen molar-refractivity contribution in [1.82, 2.24) is 4.98 Å². The van der Waals surface area contributed by atoms with E-state index in [4.69, 9.17) is 9.84 Å². The number of carboxylic acids is 1. The number of hydrogen-bond donors (Lipinski definition) is 2. The zero-order valence-corrected chi connectivity index (χ0v) is 10.3. The number of ether oxygens (including phenoxy) is 1. The molecule has 0 radical (unpaired) electrons. The van der Waals surface area contributed by atoms with Crippen molar-refractivity contribution in [2.75, 3.05) is 6.61 Å². The number of aromatic nitrogens is 1. The molecule has 98 valence electrons. The molecule has 0 aliphatic carbocycles. The van der Waals surface area contributed by atoms with E-state index >= 15 is 0 Å². The Balaban J connectivity index is 2.26. The summed E-state index contributed by atoms with van der Waals surface area (Å²) in [4.78, 5) is 24.8. The normalized spacial score (nSPS) is 11.0. The molecule has 0 fully saturated rings. The first-order chi connectivity index (χ1) is 9.10. The maximum absolute atomic E-state index is 11.2. The number of nitrogens with one attached hydrogen (secondary N) is 1. The molecule has 5 heteroatoms. The van der Waals surface area contributed by atoms with Gasteiger partial charge in [-0.15, -0.1) is 0 Å². The summed E-state index contributed by atoms with van der Waals surface area (Å²) in [6.07, 6.45) is 2.97. The van der Waals surface area contributed by atoms with Gasteiger partial charge in [0.1, 0.15) is 5.69 Å². The third-order valence-corrected chi connectivity index (χ3v) is 2.57. The number of aromatic carboxylic acids is 1. The molecular weight excluding hydrogens is 246 g/mol. The molecule has 1 heterocycles. The molecule has 0 saturated carbocycles. The molecule has 2 aromatic rings. The van der Waals surface area contributed by atoms with Crippen LogP contribution in [0.3, 0.4) is 0 Å². The first-order valence-electron chi connectivity index (χ1n) is 5.81. The second kappa shape index (κ2) is 5.39. The Morgan fingerprint density at radius 2 is 2.16 bits per heavy atom. The molecule has 0 aliphatic rings. The second-order valence-electron chi connectivity index (χ2n) is 3.92. The minimum Gasteiger partial charge on any atom is -0.477 e. The molecule has 1 aromatic heterocycles. The Morgan fingerprint density at radius 1 is 1.37 bits per heavy atom. The van der Waals surface area contributed by atoms with E-state index < -0.39 is 11.9 Å². The van der Waals surface area contributed by atoms with Gasteiger partial charge in [0.2, 0.25) is 0 Å². The number of rotatable bonds is 4. The first-order valence-corrected chi connectivity index (χ1v) is 5.81. The summed E-state index contributed by atoms with van der Waals surface area (Å²) in [5.41, 5.74) is 1.68. The monoisotopic (exact) mass is 259 g/mol. The average molecular weight is 259 g/mol. The lowest BCUT2D eigenvalue weighted by molar-refractivity contribution is -0.137. The Kier molecular flexibility index (Phi) is 3.66. The van der Waals surface area contributed by atoms with Crippen LogP contribution in [0.4, 0.5) is 0 Å². The van der Waals surface area contributed by atoms with Crippen LogP contribution in [0.25, 0.3) is 17.0 Å². The average Bonchev–Trinajstić information content (AvgIpc) is 2.80. The van der Waals surface area contributed by atoms with Gasteiger partial charge in [0.05, 0.1) is 6.61 Å². The third-order valence-electron chi connectivity index (χ3n) is 2.57. The summed E-state index contributed by atoms with van der Waals surface area (Å²) < 4.78 is 4.78. The Morgan fingerprint density at radius 3 is 2.84 bits per heavy atom. The number of esters is 1. The molecule has 5 nitrogen and oxygen atoms in total. The smallest absolute Gasteiger partial charge is 0.352 e. The number of aromatic amines is 1. The van der Waals surface area contributed by atoms with Crippen LogP contribution in [0.1, 0.15) is 23.0 Å². The van der Waals surface area contributed by atoms with Crippen molar-refractivity contribution in [2.45, 2.75) is 6.92 Å². The van der Waals surface area contributed by atoms with E-state index in [1.54, 1.807) is 37.3 Å². The van der Waals surface area contributed by atoms with Gasteiger partial charge in [-0.1, -0.05) is 6.07 Å². The zero-order chi connectivity index (χ0) is 13.8. The van der Waals surface area contributed by atoms with Gasteiger partial charge in [0.15, 0.2) is 0 Å². The van der Waals surface area contributed by atoms with Gasteiger partial charge in [-0.3, -0.25) is 0 Å². The lowest BCUT2D eigenvalue weighted by atomic mass is 10.1. The van der Waals surface area contributed by atoms with Crippen LogP contribution in [0.15, 0.2) is 30.3 Å². The number of benzene rings is 1. The Bertz CT molecular complexity index is 655. The van der Waals surface area contributed by atoms with Crippen LogP contribution in [0.5, 0.6) is 0 Å². The number of carboxylic acid groups (broad SMARTS) is 1. The summed E-state index contributed by atoms with van der Waals surface area (Å²) in [6.45, 7) is 2.08. The van der Waals surface area contributed by atoms with E-state index in [-0.39, 0.29) is 5.69 Å². The van der Waals surface area contributed by atoms with E-state index in [0.717, 1.165) is 16.5 Å². The molecule has 0 bridgehead atoms. The van der Waals surface area contributed by atoms with Crippen LogP contribution in [0.2, 0.25) is 0 Å². The first kappa shape index (κ1) is 12.9. The molecule has 0 saturated heterocycles. The number of carbonyl (C=O) groups excluding carboxylic acids is 1.